The number of hydrogen-bond donors (Lipinski definition) is 7. The van der Waals surface area contributed by atoms with Crippen LogP contribution in [0.1, 0.15) is 19.8 Å². The lowest BCUT2D eigenvalue weighted by molar-refractivity contribution is -0.142. The van der Waals surface area contributed by atoms with E-state index >= 15 is 0 Å². The number of carbonyl (C=O) groups is 5. The molecule has 0 saturated heterocycles. The lowest BCUT2D eigenvalue weighted by atomic mass is 10.1. The first-order valence-electron chi connectivity index (χ1n) is 8.24. The summed E-state index contributed by atoms with van der Waals surface area (Å²) in [6.07, 6.45) is 1.31. The van der Waals surface area contributed by atoms with Crippen LogP contribution in [0.25, 0.3) is 0 Å². The highest BCUT2D eigenvalue weighted by Crippen LogP contribution is 2.02. The van der Waals surface area contributed by atoms with E-state index in [1.165, 1.54) is 18.7 Å². The molecule has 28 heavy (non-hydrogen) atoms. The number of aliphatic hydroxyl groups is 1. The fraction of sp³-hybridized carbons (Fsp3) is 0.667. The maximum atomic E-state index is 12.1. The van der Waals surface area contributed by atoms with Crippen LogP contribution in [0.4, 0.5) is 0 Å². The average Bonchev–Trinajstić information content (AvgIpc) is 2.61. The minimum Gasteiger partial charge on any atom is -0.481 e. The van der Waals surface area contributed by atoms with Gasteiger partial charge in [-0.15, -0.1) is 0 Å². The summed E-state index contributed by atoms with van der Waals surface area (Å²) in [6.45, 7) is 0.476. The van der Waals surface area contributed by atoms with Crippen LogP contribution in [0, 0.1) is 0 Å². The van der Waals surface area contributed by atoms with E-state index in [1.54, 1.807) is 6.26 Å². The standard InChI is InChI=1S/C15H26N4O8S/c1-7(12(23)18-9(15(26)27)3-4-28-2)17-14(25)10(6-20)19-13(24)8(16)5-11(21)22/h7-10,20H,3-6,16H2,1-2H3,(H,17,25)(H,18,23)(H,19,24)(H,21,22)(H,26,27). The van der Waals surface area contributed by atoms with Crippen molar-refractivity contribution in [3.05, 3.63) is 0 Å². The van der Waals surface area contributed by atoms with E-state index in [9.17, 15) is 29.1 Å². The zero-order valence-corrected chi connectivity index (χ0v) is 16.3. The molecule has 4 unspecified atom stereocenters. The Hall–Kier alpha value is -2.38. The van der Waals surface area contributed by atoms with Crippen LogP contribution in [0.15, 0.2) is 0 Å². The first-order chi connectivity index (χ1) is 13.0. The van der Waals surface area contributed by atoms with Gasteiger partial charge in [-0.2, -0.15) is 11.8 Å². The molecule has 0 radical (unpaired) electrons. The van der Waals surface area contributed by atoms with Gasteiger partial charge in [0.15, 0.2) is 0 Å². The van der Waals surface area contributed by atoms with Crippen molar-refractivity contribution in [2.45, 2.75) is 43.9 Å². The molecule has 0 aromatic carbocycles. The number of aliphatic hydroxyl groups excluding tert-OH is 1. The summed E-state index contributed by atoms with van der Waals surface area (Å²) >= 11 is 1.41. The molecule has 0 aliphatic rings. The molecule has 3 amide bonds. The Morgan fingerprint density at radius 3 is 2.00 bits per heavy atom. The predicted molar refractivity (Wildman–Crippen MR) is 99.4 cm³/mol. The van der Waals surface area contributed by atoms with Crippen LogP contribution < -0.4 is 21.7 Å². The summed E-state index contributed by atoms with van der Waals surface area (Å²) in [7, 11) is 0. The largest absolute Gasteiger partial charge is 0.481 e. The molecule has 13 heteroatoms. The predicted octanol–water partition coefficient (Wildman–Crippen LogP) is -2.91. The van der Waals surface area contributed by atoms with Crippen molar-refractivity contribution in [1.82, 2.24) is 16.0 Å². The molecule has 0 saturated carbocycles. The number of rotatable bonds is 13. The van der Waals surface area contributed by atoms with Crippen molar-refractivity contribution in [3.63, 3.8) is 0 Å². The van der Waals surface area contributed by atoms with E-state index in [0.717, 1.165) is 0 Å². The van der Waals surface area contributed by atoms with E-state index in [2.05, 4.69) is 16.0 Å². The number of carboxylic acid groups (broad SMARTS) is 2. The van der Waals surface area contributed by atoms with Gasteiger partial charge in [0.05, 0.1) is 19.1 Å². The molecule has 12 nitrogen and oxygen atoms in total. The number of nitrogens with one attached hydrogen (secondary N) is 3. The molecule has 0 spiro atoms. The van der Waals surface area contributed by atoms with Crippen molar-refractivity contribution in [1.29, 1.82) is 0 Å². The number of amides is 3. The van der Waals surface area contributed by atoms with Crippen molar-refractivity contribution in [2.75, 3.05) is 18.6 Å². The van der Waals surface area contributed by atoms with Gasteiger partial charge in [-0.3, -0.25) is 19.2 Å². The molecule has 0 bridgehead atoms. The van der Waals surface area contributed by atoms with Crippen LogP contribution in [0.5, 0.6) is 0 Å². The first kappa shape index (κ1) is 25.6. The van der Waals surface area contributed by atoms with E-state index < -0.39 is 66.9 Å². The Kier molecular flexibility index (Phi) is 11.8. The SMILES string of the molecule is CSCCC(NC(=O)C(C)NC(=O)C(CO)NC(=O)C(N)CC(=O)O)C(=O)O. The maximum absolute atomic E-state index is 12.1. The van der Waals surface area contributed by atoms with Crippen molar-refractivity contribution in [3.8, 4) is 0 Å². The molecule has 0 fully saturated rings. The number of carboxylic acids is 2. The smallest absolute Gasteiger partial charge is 0.326 e. The normalized spacial score (nSPS) is 14.9. The second-order valence-electron chi connectivity index (χ2n) is 5.86. The fourth-order valence-electron chi connectivity index (χ4n) is 1.92. The van der Waals surface area contributed by atoms with Crippen LogP contribution >= 0.6 is 11.8 Å². The molecule has 0 aromatic heterocycles. The van der Waals surface area contributed by atoms with Gasteiger partial charge >= 0.3 is 11.9 Å². The number of aliphatic carboxylic acids is 2. The van der Waals surface area contributed by atoms with Gasteiger partial charge in [-0.25, -0.2) is 4.79 Å². The molecular weight excluding hydrogens is 396 g/mol. The summed E-state index contributed by atoms with van der Waals surface area (Å²) < 4.78 is 0. The number of carbonyl (C=O) groups excluding carboxylic acids is 3. The maximum Gasteiger partial charge on any atom is 0.326 e. The van der Waals surface area contributed by atoms with Crippen LogP contribution in [0.3, 0.4) is 0 Å². The minimum absolute atomic E-state index is 0.194. The first-order valence-corrected chi connectivity index (χ1v) is 9.63. The average molecular weight is 422 g/mol. The van der Waals surface area contributed by atoms with Gasteiger partial charge in [-0.05, 0) is 25.4 Å². The highest BCUT2D eigenvalue weighted by Gasteiger charge is 2.28. The summed E-state index contributed by atoms with van der Waals surface area (Å²) in [5.41, 5.74) is 5.37. The number of hydrogen-bond acceptors (Lipinski definition) is 8. The quantitative estimate of drug-likeness (QED) is 0.161. The Balaban J connectivity index is 4.77. The van der Waals surface area contributed by atoms with E-state index in [-0.39, 0.29) is 6.42 Å². The molecule has 0 aliphatic carbocycles. The Bertz CT molecular complexity index is 588. The summed E-state index contributed by atoms with van der Waals surface area (Å²) in [6, 6.07) is -5.16. The van der Waals surface area contributed by atoms with Gasteiger partial charge < -0.3 is 37.0 Å². The van der Waals surface area contributed by atoms with Crippen LogP contribution in [-0.2, 0) is 24.0 Å². The summed E-state index contributed by atoms with van der Waals surface area (Å²) in [5, 5.41) is 33.6. The highest BCUT2D eigenvalue weighted by molar-refractivity contribution is 7.98. The van der Waals surface area contributed by atoms with Crippen LogP contribution in [-0.4, -0.2) is 87.8 Å². The van der Waals surface area contributed by atoms with Crippen LogP contribution in [0.2, 0.25) is 0 Å². The van der Waals surface area contributed by atoms with Crippen molar-refractivity contribution < 1.29 is 39.3 Å². The molecule has 0 aromatic rings. The highest BCUT2D eigenvalue weighted by atomic mass is 32.2. The third kappa shape index (κ3) is 9.53. The molecule has 160 valence electrons. The van der Waals surface area contributed by atoms with Crippen molar-refractivity contribution >= 4 is 41.4 Å². The molecule has 4 atom stereocenters. The zero-order chi connectivity index (χ0) is 21.9. The minimum atomic E-state index is -1.46. The fourth-order valence-corrected chi connectivity index (χ4v) is 2.39. The van der Waals surface area contributed by atoms with E-state index in [1.807, 2.05) is 0 Å². The monoisotopic (exact) mass is 422 g/mol. The zero-order valence-electron chi connectivity index (χ0n) is 15.5. The number of nitrogens with two attached hydrogens (primary N) is 1. The lowest BCUT2D eigenvalue weighted by Crippen LogP contribution is -2.57. The molecule has 0 rings (SSSR count). The summed E-state index contributed by atoms with van der Waals surface area (Å²) in [5.74, 6) is -4.66. The Labute approximate surface area is 165 Å². The topological polar surface area (TPSA) is 208 Å². The molecular formula is C15H26N4O8S. The van der Waals surface area contributed by atoms with E-state index in [4.69, 9.17) is 15.9 Å². The third-order valence-electron chi connectivity index (χ3n) is 3.52. The lowest BCUT2D eigenvalue weighted by Gasteiger charge is -2.22. The Morgan fingerprint density at radius 2 is 1.54 bits per heavy atom. The number of thioether (sulfide) groups is 1. The Morgan fingerprint density at radius 1 is 0.964 bits per heavy atom. The van der Waals surface area contributed by atoms with Crippen molar-refractivity contribution in [2.24, 2.45) is 5.73 Å². The van der Waals surface area contributed by atoms with Gasteiger partial charge in [0.25, 0.3) is 0 Å². The molecule has 8 N–H and O–H groups in total. The second-order valence-corrected chi connectivity index (χ2v) is 6.84. The van der Waals surface area contributed by atoms with E-state index in [0.29, 0.717) is 5.75 Å². The summed E-state index contributed by atoms with van der Waals surface area (Å²) in [4.78, 5) is 57.7. The molecule has 0 aliphatic heterocycles. The molecule has 0 heterocycles. The third-order valence-corrected chi connectivity index (χ3v) is 4.17. The van der Waals surface area contributed by atoms with Gasteiger partial charge in [0.2, 0.25) is 17.7 Å². The van der Waals surface area contributed by atoms with Gasteiger partial charge in [0.1, 0.15) is 18.1 Å². The second kappa shape index (κ2) is 12.9. The van der Waals surface area contributed by atoms with Gasteiger partial charge in [-0.1, -0.05) is 0 Å². The van der Waals surface area contributed by atoms with Gasteiger partial charge in [0, 0.05) is 0 Å².